The standard InChI is InChI=1S/C27H39N3O4S/c1-9-23(26(32)28-27(5,6)7)29(17-22-14-11-19(2)12-15-22)25(31)18-30(35(8,33)34)24-16-20(3)10-13-21(24)4/h10-16,23H,9,17-18H2,1-8H3,(H,28,32)/t23-/m1/s1. The number of hydrogen-bond acceptors (Lipinski definition) is 4. The molecule has 0 bridgehead atoms. The molecule has 0 aromatic heterocycles. The largest absolute Gasteiger partial charge is 0.350 e. The first-order chi connectivity index (χ1) is 16.1. The molecule has 0 aliphatic carbocycles. The third-order valence-electron chi connectivity index (χ3n) is 5.67. The van der Waals surface area contributed by atoms with Crippen molar-refractivity contribution in [1.82, 2.24) is 10.2 Å². The normalized spacial score (nSPS) is 12.7. The Bertz CT molecular complexity index is 1150. The summed E-state index contributed by atoms with van der Waals surface area (Å²) in [6.45, 7) is 13.0. The highest BCUT2D eigenvalue weighted by Crippen LogP contribution is 2.25. The maximum atomic E-state index is 13.8. The van der Waals surface area contributed by atoms with Gasteiger partial charge in [0.25, 0.3) is 0 Å². The number of rotatable bonds is 9. The van der Waals surface area contributed by atoms with Crippen molar-refractivity contribution in [3.8, 4) is 0 Å². The average molecular weight is 502 g/mol. The van der Waals surface area contributed by atoms with Crippen LogP contribution in [0.15, 0.2) is 42.5 Å². The number of hydrogen-bond donors (Lipinski definition) is 1. The third-order valence-corrected chi connectivity index (χ3v) is 6.80. The Balaban J connectivity index is 2.49. The molecule has 0 heterocycles. The van der Waals surface area contributed by atoms with Gasteiger partial charge in [-0.2, -0.15) is 0 Å². The number of carbonyl (C=O) groups excluding carboxylic acids is 2. The molecule has 2 amide bonds. The molecule has 2 rings (SSSR count). The minimum Gasteiger partial charge on any atom is -0.350 e. The number of amides is 2. The second kappa shape index (κ2) is 11.2. The van der Waals surface area contributed by atoms with Crippen molar-refractivity contribution in [2.24, 2.45) is 0 Å². The SMILES string of the molecule is CC[C@H](C(=O)NC(C)(C)C)N(Cc1ccc(C)cc1)C(=O)CN(c1cc(C)ccc1C)S(C)(=O)=O. The van der Waals surface area contributed by atoms with E-state index in [1.54, 1.807) is 6.07 Å². The summed E-state index contributed by atoms with van der Waals surface area (Å²) >= 11 is 0. The Morgan fingerprint density at radius 2 is 1.54 bits per heavy atom. The summed E-state index contributed by atoms with van der Waals surface area (Å²) in [6, 6.07) is 12.5. The smallest absolute Gasteiger partial charge is 0.244 e. The highest BCUT2D eigenvalue weighted by atomic mass is 32.2. The van der Waals surface area contributed by atoms with Gasteiger partial charge in [0.15, 0.2) is 0 Å². The van der Waals surface area contributed by atoms with Crippen molar-refractivity contribution in [2.45, 2.75) is 73.0 Å². The minimum absolute atomic E-state index is 0.194. The number of carbonyl (C=O) groups is 2. The lowest BCUT2D eigenvalue weighted by Crippen LogP contribution is -2.55. The number of aryl methyl sites for hydroxylation is 3. The van der Waals surface area contributed by atoms with Crippen LogP contribution < -0.4 is 9.62 Å². The third kappa shape index (κ3) is 8.09. The molecule has 1 atom stereocenters. The maximum absolute atomic E-state index is 13.8. The molecule has 0 radical (unpaired) electrons. The lowest BCUT2D eigenvalue weighted by atomic mass is 10.1. The quantitative estimate of drug-likeness (QED) is 0.560. The second-order valence-electron chi connectivity index (χ2n) is 10.2. The summed E-state index contributed by atoms with van der Waals surface area (Å²) in [4.78, 5) is 28.4. The summed E-state index contributed by atoms with van der Waals surface area (Å²) < 4.78 is 26.7. The molecule has 0 aliphatic heterocycles. The highest BCUT2D eigenvalue weighted by Gasteiger charge is 2.33. The summed E-state index contributed by atoms with van der Waals surface area (Å²) in [6.07, 6.45) is 1.48. The van der Waals surface area contributed by atoms with Crippen molar-refractivity contribution in [3.63, 3.8) is 0 Å². The van der Waals surface area contributed by atoms with Gasteiger partial charge in [0.05, 0.1) is 11.9 Å². The Morgan fingerprint density at radius 1 is 0.971 bits per heavy atom. The zero-order valence-electron chi connectivity index (χ0n) is 22.2. The van der Waals surface area contributed by atoms with Crippen molar-refractivity contribution in [1.29, 1.82) is 0 Å². The zero-order chi connectivity index (χ0) is 26.6. The lowest BCUT2D eigenvalue weighted by Gasteiger charge is -2.34. The number of nitrogens with one attached hydrogen (secondary N) is 1. The van der Waals surface area contributed by atoms with E-state index in [2.05, 4.69) is 5.32 Å². The first-order valence-corrected chi connectivity index (χ1v) is 13.7. The monoisotopic (exact) mass is 501 g/mol. The van der Waals surface area contributed by atoms with Gasteiger partial charge in [0.1, 0.15) is 12.6 Å². The number of benzene rings is 2. The number of sulfonamides is 1. The molecule has 0 spiro atoms. The molecule has 35 heavy (non-hydrogen) atoms. The number of nitrogens with zero attached hydrogens (tertiary/aromatic N) is 2. The van der Waals surface area contributed by atoms with Gasteiger partial charge in [-0.05, 0) is 70.7 Å². The molecule has 2 aromatic carbocycles. The average Bonchev–Trinajstić information content (AvgIpc) is 2.73. The van der Waals surface area contributed by atoms with Crippen LogP contribution in [0.1, 0.15) is 56.4 Å². The van der Waals surface area contributed by atoms with Gasteiger partial charge in [-0.15, -0.1) is 0 Å². The van der Waals surface area contributed by atoms with E-state index in [1.165, 1.54) is 4.90 Å². The van der Waals surface area contributed by atoms with Crippen LogP contribution in [-0.4, -0.2) is 49.5 Å². The highest BCUT2D eigenvalue weighted by molar-refractivity contribution is 7.92. The lowest BCUT2D eigenvalue weighted by molar-refractivity contribution is -0.141. The van der Waals surface area contributed by atoms with Crippen LogP contribution in [0.3, 0.4) is 0 Å². The van der Waals surface area contributed by atoms with Crippen LogP contribution in [0.4, 0.5) is 5.69 Å². The van der Waals surface area contributed by atoms with Gasteiger partial charge in [-0.3, -0.25) is 13.9 Å². The van der Waals surface area contributed by atoms with Gasteiger partial charge in [0.2, 0.25) is 21.8 Å². The van der Waals surface area contributed by atoms with E-state index in [1.807, 2.05) is 84.9 Å². The van der Waals surface area contributed by atoms with E-state index in [-0.39, 0.29) is 12.5 Å². The topological polar surface area (TPSA) is 86.8 Å². The van der Waals surface area contributed by atoms with Gasteiger partial charge in [-0.25, -0.2) is 8.42 Å². The summed E-state index contributed by atoms with van der Waals surface area (Å²) in [5, 5.41) is 2.97. The van der Waals surface area contributed by atoms with Crippen molar-refractivity contribution < 1.29 is 18.0 Å². The zero-order valence-corrected chi connectivity index (χ0v) is 23.0. The molecule has 2 aromatic rings. The molecular weight excluding hydrogens is 462 g/mol. The van der Waals surface area contributed by atoms with Crippen molar-refractivity contribution >= 4 is 27.5 Å². The Labute approximate surface area is 210 Å². The first-order valence-electron chi connectivity index (χ1n) is 11.8. The summed E-state index contributed by atoms with van der Waals surface area (Å²) in [5.41, 5.74) is 3.57. The van der Waals surface area contributed by atoms with Crippen LogP contribution in [-0.2, 0) is 26.2 Å². The molecule has 192 valence electrons. The molecular formula is C27H39N3O4S. The van der Waals surface area contributed by atoms with Crippen LogP contribution in [0.2, 0.25) is 0 Å². The Morgan fingerprint density at radius 3 is 2.06 bits per heavy atom. The maximum Gasteiger partial charge on any atom is 0.244 e. The van der Waals surface area contributed by atoms with Crippen molar-refractivity contribution in [3.05, 3.63) is 64.7 Å². The van der Waals surface area contributed by atoms with Gasteiger partial charge in [-0.1, -0.05) is 48.9 Å². The fourth-order valence-electron chi connectivity index (χ4n) is 3.85. The van der Waals surface area contributed by atoms with Gasteiger partial charge in [0, 0.05) is 12.1 Å². The fraction of sp³-hybridized carbons (Fsp3) is 0.481. The molecule has 0 saturated carbocycles. The van der Waals surface area contributed by atoms with E-state index >= 15 is 0 Å². The Kier molecular flexibility index (Phi) is 9.11. The molecule has 0 aliphatic rings. The fourth-order valence-corrected chi connectivity index (χ4v) is 4.74. The molecule has 7 nitrogen and oxygen atoms in total. The molecule has 0 fully saturated rings. The molecule has 8 heteroatoms. The van der Waals surface area contributed by atoms with E-state index in [9.17, 15) is 18.0 Å². The molecule has 0 saturated heterocycles. The summed E-state index contributed by atoms with van der Waals surface area (Å²) in [7, 11) is -3.76. The van der Waals surface area contributed by atoms with E-state index in [4.69, 9.17) is 0 Å². The Hall–Kier alpha value is -2.87. The summed E-state index contributed by atoms with van der Waals surface area (Å²) in [5.74, 6) is -0.703. The van der Waals surface area contributed by atoms with Crippen molar-refractivity contribution in [2.75, 3.05) is 17.1 Å². The van der Waals surface area contributed by atoms with E-state index in [0.29, 0.717) is 12.1 Å². The van der Waals surface area contributed by atoms with E-state index < -0.39 is 34.1 Å². The minimum atomic E-state index is -3.76. The predicted molar refractivity (Wildman–Crippen MR) is 142 cm³/mol. The van der Waals surface area contributed by atoms with Crippen LogP contribution in [0.25, 0.3) is 0 Å². The second-order valence-corrected chi connectivity index (χ2v) is 12.1. The first kappa shape index (κ1) is 28.4. The van der Waals surface area contributed by atoms with Crippen LogP contribution in [0, 0.1) is 20.8 Å². The van der Waals surface area contributed by atoms with E-state index in [0.717, 1.165) is 32.8 Å². The molecule has 0 unspecified atom stereocenters. The van der Waals surface area contributed by atoms with Gasteiger partial charge < -0.3 is 10.2 Å². The number of anilines is 1. The van der Waals surface area contributed by atoms with Crippen LogP contribution in [0.5, 0.6) is 0 Å². The molecule has 1 N–H and O–H groups in total. The predicted octanol–water partition coefficient (Wildman–Crippen LogP) is 4.10. The van der Waals surface area contributed by atoms with Crippen LogP contribution >= 0.6 is 0 Å². The van der Waals surface area contributed by atoms with Gasteiger partial charge >= 0.3 is 0 Å².